The number of rotatable bonds is 14. The molecule has 12 aromatic rings. The molecule has 0 fully saturated rings. The fourth-order valence-corrected chi connectivity index (χ4v) is 29.0. The van der Waals surface area contributed by atoms with Crippen LogP contribution in [0.25, 0.3) is 100 Å². The average Bonchev–Trinajstić information content (AvgIpc) is 1.51. The molecule has 0 amide bonds. The summed E-state index contributed by atoms with van der Waals surface area (Å²) >= 11 is 14.2. The fraction of sp³-hybridized carbons (Fsp3) is 0.486. The van der Waals surface area contributed by atoms with Gasteiger partial charge in [0.2, 0.25) is 0 Å². The van der Waals surface area contributed by atoms with Crippen LogP contribution in [0.4, 0.5) is 57.1 Å². The first-order valence-electron chi connectivity index (χ1n) is 46.1. The number of benzene rings is 4. The Morgan fingerprint density at radius 1 is 0.362 bits per heavy atom. The third-order valence-electron chi connectivity index (χ3n) is 29.0. The quantitative estimate of drug-likeness (QED) is 0.0614. The predicted molar refractivity (Wildman–Crippen MR) is 549 cm³/mol. The number of alkyl halides is 12. The summed E-state index contributed by atoms with van der Waals surface area (Å²) < 4.78 is 238. The van der Waals surface area contributed by atoms with E-state index in [1.54, 1.807) is 68.6 Å². The van der Waals surface area contributed by atoms with E-state index in [0.717, 1.165) is 70.2 Å². The number of ether oxygens (including phenoxy) is 4. The van der Waals surface area contributed by atoms with Crippen molar-refractivity contribution in [1.29, 1.82) is 0 Å². The molecule has 0 saturated heterocycles. The van der Waals surface area contributed by atoms with E-state index >= 15 is 26.3 Å². The third kappa shape index (κ3) is 18.1. The summed E-state index contributed by atoms with van der Waals surface area (Å²) in [6.07, 6.45) is 11.0. The second kappa shape index (κ2) is 36.6. The summed E-state index contributed by atoms with van der Waals surface area (Å²) in [6, 6.07) is 31.1. The van der Waals surface area contributed by atoms with Crippen molar-refractivity contribution >= 4 is 123 Å². The normalized spacial score (nSPS) is 20.1. The molecule has 0 unspecified atom stereocenters. The maximum Gasteiger partial charge on any atom is 1.00 e. The number of halogens is 14. The monoisotopic (exact) mass is 2080 g/mol. The molecule has 6 nitrogen and oxygen atoms in total. The number of hydrogen-bond acceptors (Lipinski definition) is 12. The van der Waals surface area contributed by atoms with Crippen LogP contribution in [0.3, 0.4) is 0 Å². The summed E-state index contributed by atoms with van der Waals surface area (Å²) in [5.41, 5.74) is 0.118. The number of fused-ring (bicyclic) bond motifs is 6. The Morgan fingerprint density at radius 3 is 0.957 bits per heavy atom. The van der Waals surface area contributed by atoms with Crippen molar-refractivity contribution in [2.24, 2.45) is 0 Å². The average molecular weight is 2080 g/mol. The molecule has 27 heteroatoms. The number of furan rings is 2. The zero-order valence-corrected chi connectivity index (χ0v) is 89.8. The zero-order valence-electron chi connectivity index (χ0n) is 83.4. The van der Waals surface area contributed by atoms with E-state index < -0.39 is 75.0 Å². The number of unbranched alkanes of at least 4 members (excludes halogenated alkanes) is 1. The van der Waals surface area contributed by atoms with Crippen LogP contribution in [0.1, 0.15) is 300 Å². The van der Waals surface area contributed by atoms with Crippen molar-refractivity contribution in [3.8, 4) is 84.7 Å². The molecule has 0 saturated carbocycles. The molecule has 18 rings (SSSR count). The van der Waals surface area contributed by atoms with E-state index in [-0.39, 0.29) is 153 Å². The Bertz CT molecular complexity index is 6570. The minimum atomic E-state index is -5.99. The molecular weight excluding hydrogens is 1960 g/mol. The van der Waals surface area contributed by atoms with Crippen LogP contribution in [0.5, 0.6) is 23.0 Å². The Labute approximate surface area is 849 Å². The molecule has 4 aromatic carbocycles. The maximum atomic E-state index is 17.4. The number of thiophene rings is 6. The van der Waals surface area contributed by atoms with Gasteiger partial charge < -0.3 is 34.7 Å². The van der Waals surface area contributed by atoms with Crippen LogP contribution >= 0.6 is 84.0 Å². The maximum absolute atomic E-state index is 17.4. The van der Waals surface area contributed by atoms with Gasteiger partial charge in [0.25, 0.3) is 0 Å². The second-order valence-electron chi connectivity index (χ2n) is 44.5. The van der Waals surface area contributed by atoms with E-state index in [2.05, 4.69) is 165 Å². The third-order valence-corrected chi connectivity index (χ3v) is 38.9. The summed E-state index contributed by atoms with van der Waals surface area (Å²) in [5, 5.41) is -0.420. The van der Waals surface area contributed by atoms with Gasteiger partial charge in [0.15, 0.2) is 28.8 Å². The fourth-order valence-electron chi connectivity index (χ4n) is 19.5. The smallest absolute Gasteiger partial charge is 0.493 e. The topological polar surface area (TPSA) is 63.2 Å². The van der Waals surface area contributed by atoms with Gasteiger partial charge in [0.05, 0.1) is 43.8 Å². The van der Waals surface area contributed by atoms with E-state index in [1.807, 2.05) is 81.6 Å². The number of allylic oxidation sites excluding steroid dienone is 4. The van der Waals surface area contributed by atoms with Crippen molar-refractivity contribution in [2.75, 3.05) is 28.4 Å². The second-order valence-corrected chi connectivity index (χ2v) is 51.7. The van der Waals surface area contributed by atoms with Gasteiger partial charge in [0.1, 0.15) is 22.7 Å². The Hall–Kier alpha value is -6.99. The van der Waals surface area contributed by atoms with Gasteiger partial charge in [-0.15, -0.1) is 68.0 Å². The minimum Gasteiger partial charge on any atom is -0.493 e. The SMILES string of the molecule is C.CC1(C)CCC(C)(C)c2sc(-c3cc(Br)c(-c4cc5c(s4)C(C)(C)CCC5(C)C)s3)cc21.COc1cc2oc(-c3ccc(C(C)(C)C)cc3)c(C3=C(F)C(F)(F)C(F)(F)C3(F)F)c2cc1OC.COc1cc2oc(-c3ccc(C(C)(C)C)cc3)c(C3=C(c4cc(-c5cc6c(s5)C(C)(C)CCC6(C)C)sc4-c4cc5c(s4)C(C)(C)CCC5(C)C)C(F)(F)C(F)(F)C3(F)F)c2cc1OC.[CH2-]CCC.[Li+]. The van der Waals surface area contributed by atoms with E-state index in [1.165, 1.54) is 148 Å². The minimum absolute atomic E-state index is 0. The van der Waals surface area contributed by atoms with Gasteiger partial charge in [-0.05, 0) is 203 Å². The van der Waals surface area contributed by atoms with Crippen LogP contribution in [-0.2, 0) is 54.1 Å². The molecular formula is C111H125BrF13LiO6S6. The van der Waals surface area contributed by atoms with Crippen LogP contribution < -0.4 is 37.8 Å². The number of methoxy groups -OCH3 is 4. The van der Waals surface area contributed by atoms with Crippen molar-refractivity contribution in [3.63, 3.8) is 0 Å². The van der Waals surface area contributed by atoms with Crippen LogP contribution in [0.2, 0.25) is 0 Å². The largest absolute Gasteiger partial charge is 1.00 e. The van der Waals surface area contributed by atoms with Gasteiger partial charge in [-0.1, -0.05) is 222 Å². The van der Waals surface area contributed by atoms with Gasteiger partial charge in [-0.25, -0.2) is 4.39 Å². The molecule has 6 aliphatic carbocycles. The molecule has 740 valence electrons. The number of hydrogen-bond donors (Lipinski definition) is 0. The van der Waals surface area contributed by atoms with E-state index in [4.69, 9.17) is 27.8 Å². The van der Waals surface area contributed by atoms with Gasteiger partial charge >= 0.3 is 54.4 Å². The predicted octanol–water partition coefficient (Wildman–Crippen LogP) is 35.4. The summed E-state index contributed by atoms with van der Waals surface area (Å²) in [7, 11) is 5.24. The van der Waals surface area contributed by atoms with Crippen molar-refractivity contribution in [1.82, 2.24) is 0 Å². The summed E-state index contributed by atoms with van der Waals surface area (Å²) in [5.74, 6) is -37.1. The molecule has 0 spiro atoms. The van der Waals surface area contributed by atoms with Crippen molar-refractivity contribution in [3.05, 3.63) is 196 Å². The van der Waals surface area contributed by atoms with Gasteiger partial charge in [0, 0.05) is 115 Å². The van der Waals surface area contributed by atoms with Crippen LogP contribution in [0.15, 0.2) is 128 Å². The van der Waals surface area contributed by atoms with Crippen LogP contribution in [-0.4, -0.2) is 64.0 Å². The molecule has 8 heterocycles. The molecule has 8 aromatic heterocycles. The standard InChI is InChI=1S/C53H56F6O3S3.C28H35BrS3.C25H21F7O3.C4H9.CH4.Li/c1-46(2,3)28-16-14-27(15-17-28)42-39(29-22-34(60-12)35(61-13)26-33(29)62-42)41-40(51(54,55)53(58,59)52(41,56)57)30-23-36(37-24-31-44(64-37)49(8,9)20-18-47(31,4)5)63-43(30)38-25-32-45(65-38)50(10,11)21-19-48(32,6)7;1-25(2)9-11-27(5,6)23-16(25)13-19(31-23)20-15-18(29)22(30-20)21-14-17-24(32-21)28(7,8)12-10-26(17,3)4;1-22(2,3)13-8-6-12(7-9-13)20-18(14-10-16(33-4)17(34-5)11-15(14)35-20)19-21(26)24(29,30)25(31,32)23(19,27)28;1-3-4-2;;/h14-17,22-26H,18-21H2,1-13H3;13-15H,9-12H2,1-8H3;6-11H,1-5H3;1,3-4H2,2H3;1H4;/q;;;-1;;+1. The Kier molecular flexibility index (Phi) is 28.7. The molecule has 0 bridgehead atoms. The first-order valence-corrected chi connectivity index (χ1v) is 51.8. The van der Waals surface area contributed by atoms with Crippen molar-refractivity contribution in [2.45, 2.75) is 321 Å². The van der Waals surface area contributed by atoms with Crippen molar-refractivity contribution < 1.29 is 104 Å². The summed E-state index contributed by atoms with van der Waals surface area (Å²) in [4.78, 5) is 13.3. The Morgan fingerprint density at radius 2 is 0.638 bits per heavy atom. The molecule has 0 aliphatic heterocycles. The first kappa shape index (κ1) is 108. The molecule has 6 aliphatic rings. The first-order chi connectivity index (χ1) is 62.7. The van der Waals surface area contributed by atoms with Crippen LogP contribution in [0, 0.1) is 6.92 Å². The molecule has 0 N–H and O–H groups in total. The van der Waals surface area contributed by atoms with Gasteiger partial charge in [-0.2, -0.15) is 59.1 Å². The summed E-state index contributed by atoms with van der Waals surface area (Å²) in [6.45, 7) is 54.3. The molecule has 138 heavy (non-hydrogen) atoms. The van der Waals surface area contributed by atoms with E-state index in [0.29, 0.717) is 9.75 Å². The zero-order chi connectivity index (χ0) is 100. The molecule has 0 atom stereocenters. The van der Waals surface area contributed by atoms with Gasteiger partial charge in [-0.3, -0.25) is 0 Å². The molecule has 0 radical (unpaired) electrons. The Balaban J connectivity index is 0.000000185. The van der Waals surface area contributed by atoms with E-state index in [9.17, 15) is 30.7 Å².